The van der Waals surface area contributed by atoms with Crippen molar-refractivity contribution in [2.45, 2.75) is 38.6 Å². The minimum Gasteiger partial charge on any atom is -0.495 e. The van der Waals surface area contributed by atoms with E-state index in [1.165, 1.54) is 12.8 Å². The van der Waals surface area contributed by atoms with Gasteiger partial charge >= 0.3 is 0 Å². The molecule has 0 aliphatic heterocycles. The van der Waals surface area contributed by atoms with E-state index >= 15 is 0 Å². The van der Waals surface area contributed by atoms with E-state index in [9.17, 15) is 4.79 Å². The Morgan fingerprint density at radius 2 is 1.95 bits per heavy atom. The molecular formula is C16H24N2O2. The normalized spacial score (nSPS) is 22.4. The maximum atomic E-state index is 12.5. The highest BCUT2D eigenvalue weighted by atomic mass is 16.5. The van der Waals surface area contributed by atoms with Gasteiger partial charge in [-0.15, -0.1) is 0 Å². The van der Waals surface area contributed by atoms with Crippen LogP contribution in [0.15, 0.2) is 18.2 Å². The van der Waals surface area contributed by atoms with E-state index in [1.54, 1.807) is 25.3 Å². The van der Waals surface area contributed by atoms with Gasteiger partial charge in [-0.2, -0.15) is 0 Å². The Bertz CT molecular complexity index is 479. The van der Waals surface area contributed by atoms with Gasteiger partial charge in [0.1, 0.15) is 5.75 Å². The van der Waals surface area contributed by atoms with Crippen molar-refractivity contribution in [2.24, 2.45) is 5.92 Å². The van der Waals surface area contributed by atoms with Gasteiger partial charge in [-0.1, -0.05) is 6.92 Å². The summed E-state index contributed by atoms with van der Waals surface area (Å²) >= 11 is 0. The number of carbonyl (C=O) groups is 1. The molecular weight excluding hydrogens is 252 g/mol. The number of methoxy groups -OCH3 is 1. The first-order chi connectivity index (χ1) is 9.52. The Hall–Kier alpha value is -1.71. The average molecular weight is 276 g/mol. The summed E-state index contributed by atoms with van der Waals surface area (Å²) in [4.78, 5) is 14.4. The maximum Gasteiger partial charge on any atom is 0.253 e. The van der Waals surface area contributed by atoms with Crippen LogP contribution in [0.4, 0.5) is 5.69 Å². The SMILES string of the molecule is COc1ccc(C(=O)N(C)C2CCC(C)CC2)cc1N. The smallest absolute Gasteiger partial charge is 0.253 e. The molecule has 4 heteroatoms. The summed E-state index contributed by atoms with van der Waals surface area (Å²) < 4.78 is 5.12. The Kier molecular flexibility index (Phi) is 4.53. The molecule has 2 N–H and O–H groups in total. The lowest BCUT2D eigenvalue weighted by atomic mass is 9.86. The number of nitrogens with zero attached hydrogens (tertiary/aromatic N) is 1. The summed E-state index contributed by atoms with van der Waals surface area (Å²) in [5, 5.41) is 0. The first-order valence-corrected chi connectivity index (χ1v) is 7.23. The predicted molar refractivity (Wildman–Crippen MR) is 80.9 cm³/mol. The lowest BCUT2D eigenvalue weighted by Gasteiger charge is -2.33. The van der Waals surface area contributed by atoms with E-state index in [2.05, 4.69) is 6.92 Å². The van der Waals surface area contributed by atoms with Gasteiger partial charge in [-0.25, -0.2) is 0 Å². The second-order valence-electron chi connectivity index (χ2n) is 5.79. The fourth-order valence-electron chi connectivity index (χ4n) is 2.87. The largest absolute Gasteiger partial charge is 0.495 e. The lowest BCUT2D eigenvalue weighted by Crippen LogP contribution is -2.39. The molecule has 1 aromatic rings. The first-order valence-electron chi connectivity index (χ1n) is 7.23. The molecule has 0 bridgehead atoms. The van der Waals surface area contributed by atoms with Crippen molar-refractivity contribution in [3.63, 3.8) is 0 Å². The summed E-state index contributed by atoms with van der Waals surface area (Å²) in [5.74, 6) is 1.43. The highest BCUT2D eigenvalue weighted by Gasteiger charge is 2.25. The quantitative estimate of drug-likeness (QED) is 0.864. The molecule has 0 saturated heterocycles. The highest BCUT2D eigenvalue weighted by Crippen LogP contribution is 2.28. The zero-order valence-electron chi connectivity index (χ0n) is 12.6. The predicted octanol–water partition coefficient (Wildman–Crippen LogP) is 2.93. The van der Waals surface area contributed by atoms with E-state index in [-0.39, 0.29) is 5.91 Å². The topological polar surface area (TPSA) is 55.6 Å². The standard InChI is InChI=1S/C16H24N2O2/c1-11-4-7-13(8-5-11)18(2)16(19)12-6-9-15(20-3)14(17)10-12/h6,9-11,13H,4-5,7-8,17H2,1-3H3. The van der Waals surface area contributed by atoms with E-state index in [0.717, 1.165) is 18.8 Å². The summed E-state index contributed by atoms with van der Waals surface area (Å²) in [6, 6.07) is 5.57. The Labute approximate surface area is 120 Å². The van der Waals surface area contributed by atoms with E-state index < -0.39 is 0 Å². The monoisotopic (exact) mass is 276 g/mol. The number of carbonyl (C=O) groups excluding carboxylic acids is 1. The Morgan fingerprint density at radius 1 is 1.30 bits per heavy atom. The van der Waals surface area contributed by atoms with Crippen molar-refractivity contribution < 1.29 is 9.53 Å². The van der Waals surface area contributed by atoms with Crippen molar-refractivity contribution in [2.75, 3.05) is 19.9 Å². The molecule has 0 unspecified atom stereocenters. The fourth-order valence-corrected chi connectivity index (χ4v) is 2.87. The van der Waals surface area contributed by atoms with Crippen LogP contribution in [-0.2, 0) is 0 Å². The number of nitrogen functional groups attached to an aromatic ring is 1. The fraction of sp³-hybridized carbons (Fsp3) is 0.562. The van der Waals surface area contributed by atoms with Crippen LogP contribution in [0.5, 0.6) is 5.75 Å². The molecule has 0 spiro atoms. The summed E-state index contributed by atoms with van der Waals surface area (Å²) in [6.45, 7) is 2.28. The molecule has 0 heterocycles. The summed E-state index contributed by atoms with van der Waals surface area (Å²) in [6.07, 6.45) is 4.59. The molecule has 0 atom stereocenters. The third-order valence-corrected chi connectivity index (χ3v) is 4.33. The van der Waals surface area contributed by atoms with Gasteiger partial charge in [0.2, 0.25) is 0 Å². The molecule has 0 aromatic heterocycles. The van der Waals surface area contributed by atoms with Gasteiger partial charge in [0.15, 0.2) is 0 Å². The van der Waals surface area contributed by atoms with Gasteiger partial charge in [0, 0.05) is 18.7 Å². The van der Waals surface area contributed by atoms with E-state index in [1.807, 2.05) is 11.9 Å². The van der Waals surface area contributed by atoms with E-state index in [0.29, 0.717) is 23.0 Å². The van der Waals surface area contributed by atoms with Crippen molar-refractivity contribution in [1.29, 1.82) is 0 Å². The van der Waals surface area contributed by atoms with Crippen LogP contribution in [0.1, 0.15) is 43.0 Å². The minimum absolute atomic E-state index is 0.0407. The number of nitrogens with two attached hydrogens (primary N) is 1. The zero-order valence-corrected chi connectivity index (χ0v) is 12.6. The van der Waals surface area contributed by atoms with Crippen molar-refractivity contribution in [3.05, 3.63) is 23.8 Å². The maximum absolute atomic E-state index is 12.5. The van der Waals surface area contributed by atoms with Crippen LogP contribution in [0, 0.1) is 5.92 Å². The molecule has 0 radical (unpaired) electrons. The Morgan fingerprint density at radius 3 is 2.50 bits per heavy atom. The van der Waals surface area contributed by atoms with E-state index in [4.69, 9.17) is 10.5 Å². The Balaban J connectivity index is 2.08. The summed E-state index contributed by atoms with van der Waals surface area (Å²) in [7, 11) is 3.46. The van der Waals surface area contributed by atoms with Crippen LogP contribution in [-0.4, -0.2) is 31.0 Å². The molecule has 2 rings (SSSR count). The van der Waals surface area contributed by atoms with Crippen LogP contribution in [0.2, 0.25) is 0 Å². The molecule has 1 aromatic carbocycles. The lowest BCUT2D eigenvalue weighted by molar-refractivity contribution is 0.0679. The molecule has 20 heavy (non-hydrogen) atoms. The van der Waals surface area contributed by atoms with Crippen LogP contribution in [0.3, 0.4) is 0 Å². The number of hydrogen-bond donors (Lipinski definition) is 1. The zero-order chi connectivity index (χ0) is 14.7. The number of amides is 1. The molecule has 4 nitrogen and oxygen atoms in total. The van der Waals surface area contributed by atoms with Crippen LogP contribution in [0.25, 0.3) is 0 Å². The first kappa shape index (κ1) is 14.7. The molecule has 110 valence electrons. The number of hydrogen-bond acceptors (Lipinski definition) is 3. The number of benzene rings is 1. The minimum atomic E-state index is 0.0407. The second kappa shape index (κ2) is 6.16. The third-order valence-electron chi connectivity index (χ3n) is 4.33. The van der Waals surface area contributed by atoms with Gasteiger partial charge in [0.05, 0.1) is 12.8 Å². The molecule has 1 aliphatic rings. The van der Waals surface area contributed by atoms with Crippen molar-refractivity contribution in [1.82, 2.24) is 4.90 Å². The van der Waals surface area contributed by atoms with Gasteiger partial charge in [0.25, 0.3) is 5.91 Å². The van der Waals surface area contributed by atoms with Gasteiger partial charge in [-0.05, 0) is 49.8 Å². The number of anilines is 1. The average Bonchev–Trinajstić information content (AvgIpc) is 2.46. The van der Waals surface area contributed by atoms with Crippen molar-refractivity contribution in [3.8, 4) is 5.75 Å². The molecule has 1 saturated carbocycles. The molecule has 1 fully saturated rings. The third kappa shape index (κ3) is 3.06. The summed E-state index contributed by atoms with van der Waals surface area (Å²) in [5.41, 5.74) is 7.00. The van der Waals surface area contributed by atoms with Crippen LogP contribution < -0.4 is 10.5 Å². The highest BCUT2D eigenvalue weighted by molar-refractivity contribution is 5.95. The number of rotatable bonds is 3. The van der Waals surface area contributed by atoms with Crippen molar-refractivity contribution >= 4 is 11.6 Å². The molecule has 1 aliphatic carbocycles. The van der Waals surface area contributed by atoms with Gasteiger partial charge < -0.3 is 15.4 Å². The van der Waals surface area contributed by atoms with Crippen LogP contribution >= 0.6 is 0 Å². The number of ether oxygens (including phenoxy) is 1. The van der Waals surface area contributed by atoms with Gasteiger partial charge in [-0.3, -0.25) is 4.79 Å². The second-order valence-corrected chi connectivity index (χ2v) is 5.79. The molecule has 1 amide bonds.